The zero-order valence-electron chi connectivity index (χ0n) is 11.6. The summed E-state index contributed by atoms with van der Waals surface area (Å²) in [7, 11) is 0. The molecule has 0 spiro atoms. The Bertz CT molecular complexity index is 209. The molecule has 0 saturated carbocycles. The Balaban J connectivity index is 4.82. The van der Waals surface area contributed by atoms with Gasteiger partial charge in [-0.1, -0.05) is 0 Å². The highest BCUT2D eigenvalue weighted by Gasteiger charge is 2.16. The lowest BCUT2D eigenvalue weighted by atomic mass is 10.2. The van der Waals surface area contributed by atoms with Crippen molar-refractivity contribution in [2.24, 2.45) is 0 Å². The van der Waals surface area contributed by atoms with Crippen molar-refractivity contribution in [3.8, 4) is 0 Å². The SMILES string of the molecule is C/C(OC(C)C)=C(/C)N(C(C)C)C(C)C. The number of rotatable bonds is 5. The lowest BCUT2D eigenvalue weighted by Crippen LogP contribution is -2.36. The average molecular weight is 213 g/mol. The van der Waals surface area contributed by atoms with Crippen LogP contribution in [0, 0.1) is 0 Å². The van der Waals surface area contributed by atoms with E-state index < -0.39 is 0 Å². The van der Waals surface area contributed by atoms with Crippen LogP contribution in [0.2, 0.25) is 0 Å². The van der Waals surface area contributed by atoms with Crippen LogP contribution in [-0.4, -0.2) is 23.1 Å². The van der Waals surface area contributed by atoms with Gasteiger partial charge in [-0.3, -0.25) is 0 Å². The van der Waals surface area contributed by atoms with Gasteiger partial charge in [0.25, 0.3) is 0 Å². The van der Waals surface area contributed by atoms with Gasteiger partial charge in [0.2, 0.25) is 0 Å². The maximum Gasteiger partial charge on any atom is 0.112 e. The van der Waals surface area contributed by atoms with Gasteiger partial charge in [0.05, 0.1) is 6.10 Å². The average Bonchev–Trinajstić information content (AvgIpc) is 2.00. The lowest BCUT2D eigenvalue weighted by Gasteiger charge is -2.34. The van der Waals surface area contributed by atoms with Gasteiger partial charge in [0, 0.05) is 17.8 Å². The molecule has 0 aliphatic carbocycles. The summed E-state index contributed by atoms with van der Waals surface area (Å²) >= 11 is 0. The molecule has 0 radical (unpaired) electrons. The molecule has 0 fully saturated rings. The molecular weight excluding hydrogens is 186 g/mol. The summed E-state index contributed by atoms with van der Waals surface area (Å²) in [5.41, 5.74) is 1.24. The largest absolute Gasteiger partial charge is 0.494 e. The first-order valence-corrected chi connectivity index (χ1v) is 5.89. The maximum absolute atomic E-state index is 5.73. The zero-order chi connectivity index (χ0) is 12.2. The first kappa shape index (κ1) is 14.3. The van der Waals surface area contributed by atoms with Crippen LogP contribution in [0.4, 0.5) is 0 Å². The summed E-state index contributed by atoms with van der Waals surface area (Å²) in [6.07, 6.45) is 0.251. The molecule has 15 heavy (non-hydrogen) atoms. The molecule has 2 heteroatoms. The first-order chi connectivity index (χ1) is 6.77. The highest BCUT2D eigenvalue weighted by Crippen LogP contribution is 2.18. The zero-order valence-corrected chi connectivity index (χ0v) is 11.6. The maximum atomic E-state index is 5.73. The van der Waals surface area contributed by atoms with E-state index in [0.717, 1.165) is 5.76 Å². The van der Waals surface area contributed by atoms with Crippen molar-refractivity contribution in [3.63, 3.8) is 0 Å². The molecule has 0 aliphatic rings. The van der Waals surface area contributed by atoms with E-state index >= 15 is 0 Å². The van der Waals surface area contributed by atoms with E-state index in [1.807, 2.05) is 6.92 Å². The minimum atomic E-state index is 0.251. The second-order valence-electron chi connectivity index (χ2n) is 4.90. The van der Waals surface area contributed by atoms with Crippen LogP contribution >= 0.6 is 0 Å². The fourth-order valence-electron chi connectivity index (χ4n) is 1.99. The summed E-state index contributed by atoms with van der Waals surface area (Å²) < 4.78 is 5.73. The standard InChI is InChI=1S/C13H27NO/c1-9(2)14(10(3)4)12(7)13(8)15-11(5)6/h9-11H,1-8H3/b13-12+. The molecule has 0 saturated heterocycles. The van der Waals surface area contributed by atoms with Crippen LogP contribution < -0.4 is 0 Å². The molecule has 0 rings (SSSR count). The second-order valence-corrected chi connectivity index (χ2v) is 4.90. The van der Waals surface area contributed by atoms with E-state index in [1.165, 1.54) is 5.70 Å². The third-order valence-electron chi connectivity index (χ3n) is 2.42. The van der Waals surface area contributed by atoms with Crippen LogP contribution in [0.5, 0.6) is 0 Å². The number of hydrogen-bond acceptors (Lipinski definition) is 2. The molecule has 2 nitrogen and oxygen atoms in total. The smallest absolute Gasteiger partial charge is 0.112 e. The topological polar surface area (TPSA) is 12.5 Å². The van der Waals surface area contributed by atoms with Gasteiger partial charge >= 0.3 is 0 Å². The predicted molar refractivity (Wildman–Crippen MR) is 66.7 cm³/mol. The molecule has 0 unspecified atom stereocenters. The predicted octanol–water partition coefficient (Wildman–Crippen LogP) is 3.78. The lowest BCUT2D eigenvalue weighted by molar-refractivity contribution is 0.128. The number of nitrogens with zero attached hydrogens (tertiary/aromatic N) is 1. The van der Waals surface area contributed by atoms with Gasteiger partial charge in [-0.05, 0) is 55.4 Å². The highest BCUT2D eigenvalue weighted by atomic mass is 16.5. The van der Waals surface area contributed by atoms with Gasteiger partial charge in [0.1, 0.15) is 5.76 Å². The fourth-order valence-corrected chi connectivity index (χ4v) is 1.99. The van der Waals surface area contributed by atoms with E-state index in [0.29, 0.717) is 12.1 Å². The van der Waals surface area contributed by atoms with Crippen LogP contribution in [0.3, 0.4) is 0 Å². The molecule has 0 amide bonds. The third-order valence-corrected chi connectivity index (χ3v) is 2.42. The van der Waals surface area contributed by atoms with Crippen LogP contribution in [-0.2, 0) is 4.74 Å². The van der Waals surface area contributed by atoms with E-state index in [4.69, 9.17) is 4.74 Å². The molecule has 90 valence electrons. The van der Waals surface area contributed by atoms with Gasteiger partial charge in [-0.2, -0.15) is 0 Å². The third kappa shape index (κ3) is 4.59. The molecule has 0 aromatic carbocycles. The molecule has 0 aliphatic heterocycles. The minimum absolute atomic E-state index is 0.251. The molecule has 0 atom stereocenters. The number of allylic oxidation sites excluding steroid dienone is 2. The van der Waals surface area contributed by atoms with Crippen molar-refractivity contribution in [2.75, 3.05) is 0 Å². The van der Waals surface area contributed by atoms with Gasteiger partial charge in [-0.15, -0.1) is 0 Å². The van der Waals surface area contributed by atoms with Gasteiger partial charge < -0.3 is 9.64 Å². The van der Waals surface area contributed by atoms with Crippen molar-refractivity contribution < 1.29 is 4.74 Å². The van der Waals surface area contributed by atoms with Gasteiger partial charge in [0.15, 0.2) is 0 Å². The van der Waals surface area contributed by atoms with Gasteiger partial charge in [-0.25, -0.2) is 0 Å². The number of hydrogen-bond donors (Lipinski definition) is 0. The van der Waals surface area contributed by atoms with Crippen molar-refractivity contribution >= 4 is 0 Å². The summed E-state index contributed by atoms with van der Waals surface area (Å²) in [6, 6.07) is 1.02. The quantitative estimate of drug-likeness (QED) is 0.644. The number of ether oxygens (including phenoxy) is 1. The van der Waals surface area contributed by atoms with Crippen LogP contribution in [0.15, 0.2) is 11.5 Å². The summed E-state index contributed by atoms with van der Waals surface area (Å²) in [5.74, 6) is 1.03. The van der Waals surface area contributed by atoms with Crippen LogP contribution in [0.25, 0.3) is 0 Å². The summed E-state index contributed by atoms with van der Waals surface area (Å²) in [6.45, 7) is 17.2. The molecule has 0 bridgehead atoms. The molecule has 0 aromatic heterocycles. The second kappa shape index (κ2) is 6.04. The Labute approximate surface area is 95.3 Å². The van der Waals surface area contributed by atoms with Crippen molar-refractivity contribution in [1.82, 2.24) is 4.90 Å². The Morgan fingerprint density at radius 3 is 1.53 bits per heavy atom. The van der Waals surface area contributed by atoms with Crippen molar-refractivity contribution in [3.05, 3.63) is 11.5 Å². The minimum Gasteiger partial charge on any atom is -0.494 e. The van der Waals surface area contributed by atoms with Crippen LogP contribution in [0.1, 0.15) is 55.4 Å². The van der Waals surface area contributed by atoms with E-state index in [9.17, 15) is 0 Å². The van der Waals surface area contributed by atoms with E-state index in [2.05, 4.69) is 53.4 Å². The normalized spacial score (nSPS) is 13.5. The Hall–Kier alpha value is -0.660. The fraction of sp³-hybridized carbons (Fsp3) is 0.846. The van der Waals surface area contributed by atoms with Crippen molar-refractivity contribution in [2.45, 2.75) is 73.6 Å². The van der Waals surface area contributed by atoms with Crippen molar-refractivity contribution in [1.29, 1.82) is 0 Å². The summed E-state index contributed by atoms with van der Waals surface area (Å²) in [4.78, 5) is 2.39. The monoisotopic (exact) mass is 213 g/mol. The summed E-state index contributed by atoms with van der Waals surface area (Å²) in [5, 5.41) is 0. The molecular formula is C13H27NO. The molecule has 0 heterocycles. The Morgan fingerprint density at radius 1 is 0.867 bits per heavy atom. The Morgan fingerprint density at radius 2 is 1.27 bits per heavy atom. The molecule has 0 N–H and O–H groups in total. The van der Waals surface area contributed by atoms with E-state index in [-0.39, 0.29) is 6.10 Å². The van der Waals surface area contributed by atoms with E-state index in [1.54, 1.807) is 0 Å². The Kier molecular flexibility index (Phi) is 5.77. The first-order valence-electron chi connectivity index (χ1n) is 5.89. The molecule has 0 aromatic rings. The highest BCUT2D eigenvalue weighted by molar-refractivity contribution is 5.05.